The van der Waals surface area contributed by atoms with E-state index in [0.717, 1.165) is 0 Å². The van der Waals surface area contributed by atoms with Crippen LogP contribution in [0.5, 0.6) is 5.75 Å². The number of allylic oxidation sites excluding steroid dienone is 2. The summed E-state index contributed by atoms with van der Waals surface area (Å²) in [7, 11) is 0. The Hall–Kier alpha value is -2.34. The van der Waals surface area contributed by atoms with Crippen LogP contribution in [0.15, 0.2) is 76.1 Å². The van der Waals surface area contributed by atoms with Crippen LogP contribution in [0.25, 0.3) is 0 Å². The first-order valence-electron chi connectivity index (χ1n) is 12.8. The molecule has 2 heterocycles. The van der Waals surface area contributed by atoms with Crippen molar-refractivity contribution in [2.45, 2.75) is 14.1 Å². The van der Waals surface area contributed by atoms with Crippen LogP contribution in [0.1, 0.15) is 30.4 Å². The topological polar surface area (TPSA) is 101 Å². The molecule has 0 radical (unpaired) electrons. The van der Waals surface area contributed by atoms with Crippen LogP contribution < -0.4 is 4.74 Å². The van der Waals surface area contributed by atoms with Gasteiger partial charge in [-0.2, -0.15) is 5.01 Å². The third-order valence-corrected chi connectivity index (χ3v) is 13.3. The predicted octanol–water partition coefficient (Wildman–Crippen LogP) is 7.31. The number of benzene rings is 2. The van der Waals surface area contributed by atoms with E-state index in [-0.39, 0.29) is 32.0 Å². The Morgan fingerprint density at radius 1 is 0.822 bits per heavy atom. The number of rotatable bonds is 7. The zero-order valence-corrected chi connectivity index (χ0v) is 28.2. The number of imide groups is 1. The lowest BCUT2D eigenvalue weighted by Crippen LogP contribution is -2.56. The van der Waals surface area contributed by atoms with E-state index in [2.05, 4.69) is 0 Å². The van der Waals surface area contributed by atoms with Gasteiger partial charge < -0.3 is 4.74 Å². The van der Waals surface area contributed by atoms with Crippen LogP contribution in [-0.2, 0) is 9.59 Å². The van der Waals surface area contributed by atoms with Gasteiger partial charge in [0.1, 0.15) is 26.9 Å². The number of nitrogens with zero attached hydrogens (tertiary/aromatic N) is 2. The minimum atomic E-state index is -2.19. The van der Waals surface area contributed by atoms with E-state index in [1.807, 2.05) is 0 Å². The minimum Gasteiger partial charge on any atom is -0.422 e. The molecule has 3 amide bonds. The fraction of sp³-hybridized carbons (Fsp3) is 0.207. The number of amides is 3. The maximum absolute atomic E-state index is 14.0. The summed E-state index contributed by atoms with van der Waals surface area (Å²) < 4.78 is 3.14. The average molecular weight is 768 g/mol. The summed E-state index contributed by atoms with van der Waals surface area (Å²) in [5, 5.41) is 2.25. The molecule has 1 aliphatic heterocycles. The molecular formula is C29H15Cl7N2O6S. The van der Waals surface area contributed by atoms with E-state index >= 15 is 0 Å². The second kappa shape index (κ2) is 11.4. The lowest BCUT2D eigenvalue weighted by molar-refractivity contribution is -0.154. The minimum absolute atomic E-state index is 0.00728. The van der Waals surface area contributed by atoms with Crippen LogP contribution in [0, 0.1) is 11.8 Å². The van der Waals surface area contributed by atoms with Gasteiger partial charge in [-0.15, -0.1) is 34.5 Å². The SMILES string of the molecule is O=C(CN(C(=O)c1ccccc1Cl)N1C(=O)[C@@H]2[C@H](C1=O)[C@@]1(Cl)C(Cl)=C(Cl)[C@@]2(Cl)C1(Cl)Cl)c1ccc(OC(=O)c2cccs2)cc1. The molecule has 45 heavy (non-hydrogen) atoms. The van der Waals surface area contributed by atoms with Crippen molar-refractivity contribution >= 4 is 122 Å². The highest BCUT2D eigenvalue weighted by Gasteiger charge is 2.88. The highest BCUT2D eigenvalue weighted by Crippen LogP contribution is 2.77. The monoisotopic (exact) mass is 764 g/mol. The van der Waals surface area contributed by atoms with E-state index in [9.17, 15) is 24.0 Å². The molecule has 0 N–H and O–H groups in total. The predicted molar refractivity (Wildman–Crippen MR) is 172 cm³/mol. The number of thiophene rings is 1. The first-order chi connectivity index (χ1) is 21.2. The number of halogens is 7. The van der Waals surface area contributed by atoms with Gasteiger partial charge in [-0.1, -0.05) is 76.2 Å². The summed E-state index contributed by atoms with van der Waals surface area (Å²) in [6.07, 6.45) is 0. The third-order valence-electron chi connectivity index (χ3n) is 7.87. The molecule has 3 aliphatic rings. The van der Waals surface area contributed by atoms with Gasteiger partial charge in [-0.25, -0.2) is 9.80 Å². The number of carbonyl (C=O) groups excluding carboxylic acids is 5. The molecule has 3 aromatic rings. The number of Topliss-reactive ketones (excluding diaryl/α,β-unsaturated/α-hetero) is 1. The van der Waals surface area contributed by atoms with Crippen LogP contribution in [-0.4, -0.2) is 60.1 Å². The first-order valence-corrected chi connectivity index (χ1v) is 16.3. The quantitative estimate of drug-likeness (QED) is 0.0823. The Bertz CT molecular complexity index is 1790. The van der Waals surface area contributed by atoms with Crippen molar-refractivity contribution in [1.29, 1.82) is 0 Å². The highest BCUT2D eigenvalue weighted by atomic mass is 35.5. The van der Waals surface area contributed by atoms with E-state index in [4.69, 9.17) is 85.9 Å². The second-order valence-electron chi connectivity index (χ2n) is 10.2. The van der Waals surface area contributed by atoms with E-state index in [0.29, 0.717) is 14.9 Å². The summed E-state index contributed by atoms with van der Waals surface area (Å²) >= 11 is 47.0. The van der Waals surface area contributed by atoms with Crippen molar-refractivity contribution in [3.05, 3.63) is 97.1 Å². The van der Waals surface area contributed by atoms with Crippen molar-refractivity contribution in [1.82, 2.24) is 10.0 Å². The largest absolute Gasteiger partial charge is 0.422 e. The lowest BCUT2D eigenvalue weighted by atomic mass is 9.84. The molecular weight excluding hydrogens is 753 g/mol. The Morgan fingerprint density at radius 3 is 1.93 bits per heavy atom. The van der Waals surface area contributed by atoms with Gasteiger partial charge in [-0.05, 0) is 47.8 Å². The Kier molecular flexibility index (Phi) is 8.27. The van der Waals surface area contributed by atoms with Gasteiger partial charge in [0.05, 0.1) is 32.5 Å². The van der Waals surface area contributed by atoms with Gasteiger partial charge in [0.25, 0.3) is 17.7 Å². The molecule has 6 rings (SSSR count). The summed E-state index contributed by atoms with van der Waals surface area (Å²) in [4.78, 5) is 64.0. The molecule has 0 unspecified atom stereocenters. The van der Waals surface area contributed by atoms with Gasteiger partial charge in [0.15, 0.2) is 10.1 Å². The number of carbonyl (C=O) groups is 5. The molecule has 232 valence electrons. The number of hydrogen-bond acceptors (Lipinski definition) is 7. The fourth-order valence-corrected chi connectivity index (χ4v) is 9.46. The normalized spacial score (nSPS) is 26.3. The van der Waals surface area contributed by atoms with E-state index in [1.54, 1.807) is 23.6 Å². The summed E-state index contributed by atoms with van der Waals surface area (Å²) in [6.45, 7) is -0.804. The van der Waals surface area contributed by atoms with Crippen LogP contribution in [0.3, 0.4) is 0 Å². The average Bonchev–Trinajstić information content (AvgIpc) is 3.70. The van der Waals surface area contributed by atoms with Gasteiger partial charge in [-0.3, -0.25) is 19.2 Å². The van der Waals surface area contributed by atoms with Crippen LogP contribution in [0.2, 0.25) is 5.02 Å². The summed E-state index contributed by atoms with van der Waals surface area (Å²) in [6, 6.07) is 14.7. The number of esters is 1. The molecule has 2 fully saturated rings. The first kappa shape index (κ1) is 32.6. The number of fused-ring (bicyclic) bond motifs is 5. The number of ether oxygens (including phenoxy) is 1. The molecule has 2 aromatic carbocycles. The van der Waals surface area contributed by atoms with E-state index in [1.165, 1.54) is 53.8 Å². The zero-order chi connectivity index (χ0) is 32.6. The Morgan fingerprint density at radius 2 is 1.40 bits per heavy atom. The van der Waals surface area contributed by atoms with Gasteiger partial charge in [0.2, 0.25) is 0 Å². The van der Waals surface area contributed by atoms with Crippen molar-refractivity contribution in [2.24, 2.45) is 11.8 Å². The molecule has 1 saturated carbocycles. The molecule has 16 heteroatoms. The zero-order valence-electron chi connectivity index (χ0n) is 22.1. The molecule has 2 aliphatic carbocycles. The number of hydrogen-bond donors (Lipinski definition) is 0. The summed E-state index contributed by atoms with van der Waals surface area (Å²) in [5.74, 6) is -7.19. The van der Waals surface area contributed by atoms with Gasteiger partial charge >= 0.3 is 5.97 Å². The molecule has 4 atom stereocenters. The van der Waals surface area contributed by atoms with Gasteiger partial charge in [0, 0.05) is 5.56 Å². The van der Waals surface area contributed by atoms with E-state index < -0.39 is 61.9 Å². The van der Waals surface area contributed by atoms with Crippen molar-refractivity contribution in [3.8, 4) is 5.75 Å². The van der Waals surface area contributed by atoms with Crippen molar-refractivity contribution in [2.75, 3.05) is 6.54 Å². The maximum Gasteiger partial charge on any atom is 0.353 e. The second-order valence-corrected chi connectivity index (χ2v) is 14.9. The molecule has 8 nitrogen and oxygen atoms in total. The molecule has 0 spiro atoms. The van der Waals surface area contributed by atoms with Crippen molar-refractivity contribution in [3.63, 3.8) is 0 Å². The highest BCUT2D eigenvalue weighted by molar-refractivity contribution is 7.12. The number of hydrazine groups is 1. The summed E-state index contributed by atoms with van der Waals surface area (Å²) in [5.41, 5.74) is -0.0408. The molecule has 2 bridgehead atoms. The van der Waals surface area contributed by atoms with Crippen LogP contribution >= 0.6 is 92.5 Å². The Balaban J connectivity index is 1.34. The molecule has 1 saturated heterocycles. The van der Waals surface area contributed by atoms with Crippen LogP contribution in [0.4, 0.5) is 0 Å². The number of ketones is 1. The third kappa shape index (κ3) is 4.58. The fourth-order valence-electron chi connectivity index (χ4n) is 5.71. The Labute approximate surface area is 294 Å². The smallest absolute Gasteiger partial charge is 0.353 e. The van der Waals surface area contributed by atoms with Crippen molar-refractivity contribution < 1.29 is 28.7 Å². The number of alkyl halides is 4. The standard InChI is InChI=1S/C29H15Cl7N2O6S/c30-16-5-2-1-4-15(16)23(40)37(12-17(39)13-7-9-14(10-8-13)44-26(43)18-6-3-11-45-18)38-24(41)19-20(25(38)42)28(34)22(32)21(31)27(19,33)29(28,35)36/h1-11,19-20H,12H2/t19-,20+,27-,28-/m1/s1. The molecule has 1 aromatic heterocycles. The maximum atomic E-state index is 14.0. The lowest BCUT2D eigenvalue weighted by Gasteiger charge is -2.36.